The molecule has 0 saturated carbocycles. The Balaban J connectivity index is 1.85. The van der Waals surface area contributed by atoms with Crippen LogP contribution in [0.4, 0.5) is 0 Å². The van der Waals surface area contributed by atoms with Crippen LogP contribution in [-0.2, 0) is 4.79 Å². The zero-order valence-corrected chi connectivity index (χ0v) is 8.99. The summed E-state index contributed by atoms with van der Waals surface area (Å²) in [6.07, 6.45) is 1.12. The van der Waals surface area contributed by atoms with Crippen LogP contribution < -0.4 is 5.32 Å². The van der Waals surface area contributed by atoms with Gasteiger partial charge in [0.25, 0.3) is 0 Å². The molecule has 4 heteroatoms. The maximum Gasteiger partial charge on any atom is 0.228 e. The number of amides is 1. The van der Waals surface area contributed by atoms with E-state index in [4.69, 9.17) is 0 Å². The molecule has 0 radical (unpaired) electrons. The van der Waals surface area contributed by atoms with Gasteiger partial charge < -0.3 is 15.1 Å². The van der Waals surface area contributed by atoms with Crippen molar-refractivity contribution in [2.75, 3.05) is 40.3 Å². The molecule has 0 aliphatic carbocycles. The van der Waals surface area contributed by atoms with Crippen LogP contribution in [0, 0.1) is 5.92 Å². The average Bonchev–Trinajstić information content (AvgIpc) is 2.48. The first kappa shape index (κ1) is 9.93. The van der Waals surface area contributed by atoms with Crippen LogP contribution in [0.15, 0.2) is 0 Å². The van der Waals surface area contributed by atoms with Crippen molar-refractivity contribution in [1.82, 2.24) is 15.1 Å². The van der Waals surface area contributed by atoms with Crippen molar-refractivity contribution in [1.29, 1.82) is 0 Å². The number of rotatable bonds is 2. The fourth-order valence-electron chi connectivity index (χ4n) is 2.08. The summed E-state index contributed by atoms with van der Waals surface area (Å²) in [6, 6.07) is 0.562. The third-order valence-corrected chi connectivity index (χ3v) is 3.34. The van der Waals surface area contributed by atoms with Gasteiger partial charge in [-0.2, -0.15) is 0 Å². The van der Waals surface area contributed by atoms with Gasteiger partial charge in [-0.25, -0.2) is 0 Å². The molecule has 2 saturated heterocycles. The van der Waals surface area contributed by atoms with Gasteiger partial charge in [0.05, 0.1) is 5.92 Å². The van der Waals surface area contributed by atoms with Crippen LogP contribution in [0.25, 0.3) is 0 Å². The topological polar surface area (TPSA) is 35.6 Å². The molecule has 0 aromatic heterocycles. The molecule has 80 valence electrons. The molecule has 0 aromatic carbocycles. The van der Waals surface area contributed by atoms with E-state index in [1.165, 1.54) is 0 Å². The van der Waals surface area contributed by atoms with Gasteiger partial charge in [0.2, 0.25) is 5.91 Å². The molecule has 4 nitrogen and oxygen atoms in total. The predicted octanol–water partition coefficient (Wildman–Crippen LogP) is -0.632. The zero-order valence-electron chi connectivity index (χ0n) is 8.99. The lowest BCUT2D eigenvalue weighted by atomic mass is 10.0. The second-order valence-electron chi connectivity index (χ2n) is 4.55. The molecule has 1 atom stereocenters. The molecule has 0 unspecified atom stereocenters. The Kier molecular flexibility index (Phi) is 2.74. The third-order valence-electron chi connectivity index (χ3n) is 3.34. The van der Waals surface area contributed by atoms with Crippen LogP contribution in [0.1, 0.15) is 6.42 Å². The SMILES string of the molecule is CN(C)[C@@H]1CCN(C(=O)C2CNC2)C1. The number of hydrogen-bond acceptors (Lipinski definition) is 3. The minimum atomic E-state index is 0.260. The summed E-state index contributed by atoms with van der Waals surface area (Å²) in [6.45, 7) is 3.62. The molecule has 2 aliphatic rings. The van der Waals surface area contributed by atoms with Gasteiger partial charge in [0.15, 0.2) is 0 Å². The summed E-state index contributed by atoms with van der Waals surface area (Å²) in [7, 11) is 4.17. The number of nitrogens with zero attached hydrogens (tertiary/aromatic N) is 2. The lowest BCUT2D eigenvalue weighted by molar-refractivity contribution is -0.136. The molecule has 2 aliphatic heterocycles. The van der Waals surface area contributed by atoms with Crippen LogP contribution in [0.5, 0.6) is 0 Å². The molecule has 2 rings (SSSR count). The molecule has 1 amide bonds. The van der Waals surface area contributed by atoms with E-state index in [1.54, 1.807) is 0 Å². The maximum absolute atomic E-state index is 11.9. The first-order valence-corrected chi connectivity index (χ1v) is 5.34. The number of carbonyl (C=O) groups is 1. The Morgan fingerprint density at radius 2 is 2.14 bits per heavy atom. The van der Waals surface area contributed by atoms with E-state index in [0.29, 0.717) is 11.9 Å². The van der Waals surface area contributed by atoms with Crippen molar-refractivity contribution in [3.8, 4) is 0 Å². The van der Waals surface area contributed by atoms with E-state index in [-0.39, 0.29) is 5.92 Å². The Morgan fingerprint density at radius 1 is 1.43 bits per heavy atom. The normalized spacial score (nSPS) is 28.2. The number of carbonyl (C=O) groups excluding carboxylic acids is 1. The minimum absolute atomic E-state index is 0.260. The first-order valence-electron chi connectivity index (χ1n) is 5.34. The van der Waals surface area contributed by atoms with Gasteiger partial charge in [0.1, 0.15) is 0 Å². The lowest BCUT2D eigenvalue weighted by Gasteiger charge is -2.30. The van der Waals surface area contributed by atoms with Crippen molar-refractivity contribution in [2.45, 2.75) is 12.5 Å². The van der Waals surface area contributed by atoms with Gasteiger partial charge in [-0.1, -0.05) is 0 Å². The molecule has 2 heterocycles. The summed E-state index contributed by atoms with van der Waals surface area (Å²) in [4.78, 5) is 16.1. The number of nitrogens with one attached hydrogen (secondary N) is 1. The molecule has 14 heavy (non-hydrogen) atoms. The summed E-state index contributed by atoms with van der Waals surface area (Å²) in [5.41, 5.74) is 0. The fourth-order valence-corrected chi connectivity index (χ4v) is 2.08. The Bertz CT molecular complexity index is 225. The van der Waals surface area contributed by atoms with Crippen molar-refractivity contribution >= 4 is 5.91 Å². The standard InChI is InChI=1S/C10H19N3O/c1-12(2)9-3-4-13(7-9)10(14)8-5-11-6-8/h8-9,11H,3-7H2,1-2H3/t9-/m1/s1. The second kappa shape index (κ2) is 3.87. The summed E-state index contributed by atoms with van der Waals surface area (Å²) < 4.78 is 0. The molecular weight excluding hydrogens is 178 g/mol. The first-order chi connectivity index (χ1) is 6.68. The van der Waals surface area contributed by atoms with E-state index < -0.39 is 0 Å². The third kappa shape index (κ3) is 1.77. The van der Waals surface area contributed by atoms with Gasteiger partial charge >= 0.3 is 0 Å². The Labute approximate surface area is 85.2 Å². The fraction of sp³-hybridized carbons (Fsp3) is 0.900. The number of hydrogen-bond donors (Lipinski definition) is 1. The largest absolute Gasteiger partial charge is 0.341 e. The molecular formula is C10H19N3O. The van der Waals surface area contributed by atoms with Crippen LogP contribution in [-0.4, -0.2) is 62.0 Å². The highest BCUT2D eigenvalue weighted by Crippen LogP contribution is 2.17. The number of likely N-dealkylation sites (tertiary alicyclic amines) is 1. The monoisotopic (exact) mass is 197 g/mol. The zero-order chi connectivity index (χ0) is 10.1. The summed E-state index contributed by atoms with van der Waals surface area (Å²) in [5.74, 6) is 0.615. The van der Waals surface area contributed by atoms with Gasteiger partial charge in [-0.15, -0.1) is 0 Å². The molecule has 0 aromatic rings. The van der Waals surface area contributed by atoms with E-state index in [9.17, 15) is 4.79 Å². The Hall–Kier alpha value is -0.610. The smallest absolute Gasteiger partial charge is 0.228 e. The van der Waals surface area contributed by atoms with Crippen LogP contribution >= 0.6 is 0 Å². The van der Waals surface area contributed by atoms with E-state index in [1.807, 2.05) is 4.90 Å². The summed E-state index contributed by atoms with van der Waals surface area (Å²) >= 11 is 0. The highest BCUT2D eigenvalue weighted by molar-refractivity contribution is 5.80. The maximum atomic E-state index is 11.9. The molecule has 0 bridgehead atoms. The highest BCUT2D eigenvalue weighted by Gasteiger charge is 2.33. The van der Waals surface area contributed by atoms with E-state index in [0.717, 1.165) is 32.6 Å². The van der Waals surface area contributed by atoms with Crippen molar-refractivity contribution in [2.24, 2.45) is 5.92 Å². The quantitative estimate of drug-likeness (QED) is 0.640. The lowest BCUT2D eigenvalue weighted by Crippen LogP contribution is -2.51. The molecule has 2 fully saturated rings. The number of likely N-dealkylation sites (N-methyl/N-ethyl adjacent to an activating group) is 1. The van der Waals surface area contributed by atoms with Crippen molar-refractivity contribution < 1.29 is 4.79 Å². The Morgan fingerprint density at radius 3 is 2.57 bits per heavy atom. The van der Waals surface area contributed by atoms with Crippen molar-refractivity contribution in [3.63, 3.8) is 0 Å². The second-order valence-corrected chi connectivity index (χ2v) is 4.55. The molecule has 0 spiro atoms. The minimum Gasteiger partial charge on any atom is -0.341 e. The summed E-state index contributed by atoms with van der Waals surface area (Å²) in [5, 5.41) is 3.14. The van der Waals surface area contributed by atoms with Crippen molar-refractivity contribution in [3.05, 3.63) is 0 Å². The molecule has 1 N–H and O–H groups in total. The van der Waals surface area contributed by atoms with Crippen LogP contribution in [0.2, 0.25) is 0 Å². The van der Waals surface area contributed by atoms with E-state index in [2.05, 4.69) is 24.3 Å². The van der Waals surface area contributed by atoms with Crippen LogP contribution in [0.3, 0.4) is 0 Å². The average molecular weight is 197 g/mol. The highest BCUT2D eigenvalue weighted by atomic mass is 16.2. The van der Waals surface area contributed by atoms with E-state index >= 15 is 0 Å². The predicted molar refractivity (Wildman–Crippen MR) is 55.0 cm³/mol. The van der Waals surface area contributed by atoms with Gasteiger partial charge in [0, 0.05) is 32.2 Å². The van der Waals surface area contributed by atoms with Gasteiger partial charge in [-0.05, 0) is 20.5 Å². The van der Waals surface area contributed by atoms with Gasteiger partial charge in [-0.3, -0.25) is 4.79 Å².